The lowest BCUT2D eigenvalue weighted by Crippen LogP contribution is -2.23. The molecule has 2 aliphatic rings. The molecule has 0 aromatic heterocycles. The number of ether oxygens (including phenoxy) is 6. The number of aliphatic hydroxyl groups is 2. The van der Waals surface area contributed by atoms with Crippen LogP contribution in [0.3, 0.4) is 0 Å². The summed E-state index contributed by atoms with van der Waals surface area (Å²) in [5, 5.41) is 22.6. The molecule has 2 N–H and O–H groups in total. The van der Waals surface area contributed by atoms with Crippen LogP contribution >= 0.6 is 0 Å². The Kier molecular flexibility index (Phi) is 9.41. The summed E-state index contributed by atoms with van der Waals surface area (Å²) in [6, 6.07) is 7.94. The van der Waals surface area contributed by atoms with Crippen LogP contribution in [0.5, 0.6) is 11.5 Å². The molecule has 2 fully saturated rings. The molecule has 0 aliphatic carbocycles. The molecular formula is C28H34O8. The Balaban J connectivity index is 1.61. The molecule has 2 saturated heterocycles. The molecule has 2 aliphatic heterocycles. The lowest BCUT2D eigenvalue weighted by Gasteiger charge is -2.20. The van der Waals surface area contributed by atoms with Crippen molar-refractivity contribution in [3.8, 4) is 11.5 Å². The van der Waals surface area contributed by atoms with Crippen LogP contribution in [0.2, 0.25) is 0 Å². The van der Waals surface area contributed by atoms with Crippen molar-refractivity contribution in [1.82, 2.24) is 0 Å². The minimum absolute atomic E-state index is 0.0514. The average Bonchev–Trinajstić information content (AvgIpc) is 3.79. The highest BCUT2D eigenvalue weighted by Crippen LogP contribution is 2.39. The standard InChI is InChI=1S/C28H34O8/c1-3-9-31-13-21(29)11-19-5-7-26-25(27(19)36-18-24-17-34-24)8-6-20(12-23-16-33-23)28(26)35-15-22(30)14-32-10-4-2/h3,5-8,10,21-24,29-30H,1-2,9,11-18H2. The quantitative estimate of drug-likeness (QED) is 0.113. The molecule has 4 rings (SSSR count). The van der Waals surface area contributed by atoms with Crippen LogP contribution in [0.15, 0.2) is 55.5 Å². The normalized spacial score (nSPS) is 19.7. The lowest BCUT2D eigenvalue weighted by atomic mass is 9.97. The first-order valence-corrected chi connectivity index (χ1v) is 12.2. The second-order valence-corrected chi connectivity index (χ2v) is 8.93. The number of epoxide rings is 2. The van der Waals surface area contributed by atoms with Crippen LogP contribution < -0.4 is 9.47 Å². The molecule has 8 nitrogen and oxygen atoms in total. The molecule has 8 heteroatoms. The second kappa shape index (κ2) is 12.9. The van der Waals surface area contributed by atoms with E-state index in [1.54, 1.807) is 6.08 Å². The van der Waals surface area contributed by atoms with Crippen molar-refractivity contribution in [1.29, 1.82) is 0 Å². The van der Waals surface area contributed by atoms with Gasteiger partial charge in [0, 0.05) is 23.6 Å². The fourth-order valence-corrected chi connectivity index (χ4v) is 3.92. The van der Waals surface area contributed by atoms with Crippen LogP contribution in [0.1, 0.15) is 11.1 Å². The van der Waals surface area contributed by atoms with Crippen LogP contribution in [0.4, 0.5) is 0 Å². The first-order chi connectivity index (χ1) is 17.6. The van der Waals surface area contributed by atoms with E-state index in [1.807, 2.05) is 24.3 Å². The lowest BCUT2D eigenvalue weighted by molar-refractivity contribution is 0.0467. The van der Waals surface area contributed by atoms with E-state index < -0.39 is 12.2 Å². The van der Waals surface area contributed by atoms with E-state index in [0.717, 1.165) is 28.5 Å². The van der Waals surface area contributed by atoms with Gasteiger partial charge < -0.3 is 38.6 Å². The van der Waals surface area contributed by atoms with Gasteiger partial charge in [-0.05, 0) is 11.1 Å². The molecule has 4 atom stereocenters. The van der Waals surface area contributed by atoms with Gasteiger partial charge in [-0.25, -0.2) is 0 Å². The van der Waals surface area contributed by atoms with Gasteiger partial charge in [0.15, 0.2) is 0 Å². The Hall–Kier alpha value is -2.84. The van der Waals surface area contributed by atoms with Crippen LogP contribution in [0, 0.1) is 0 Å². The average molecular weight is 499 g/mol. The Labute approximate surface area is 211 Å². The van der Waals surface area contributed by atoms with Crippen molar-refractivity contribution in [2.24, 2.45) is 0 Å². The summed E-state index contributed by atoms with van der Waals surface area (Å²) in [6.45, 7) is 9.60. The summed E-state index contributed by atoms with van der Waals surface area (Å²) in [4.78, 5) is 0. The molecule has 0 saturated carbocycles. The molecule has 0 spiro atoms. The summed E-state index contributed by atoms with van der Waals surface area (Å²) in [6.07, 6.45) is 2.77. The molecular weight excluding hydrogens is 464 g/mol. The van der Waals surface area contributed by atoms with Gasteiger partial charge in [-0.2, -0.15) is 0 Å². The predicted octanol–water partition coefficient (Wildman–Crippen LogP) is 2.72. The van der Waals surface area contributed by atoms with Gasteiger partial charge in [0.2, 0.25) is 0 Å². The highest BCUT2D eigenvalue weighted by Gasteiger charge is 2.27. The van der Waals surface area contributed by atoms with E-state index in [2.05, 4.69) is 18.9 Å². The smallest absolute Gasteiger partial charge is 0.130 e. The van der Waals surface area contributed by atoms with Crippen LogP contribution in [0.25, 0.3) is 10.8 Å². The monoisotopic (exact) mass is 498 g/mol. The van der Waals surface area contributed by atoms with Gasteiger partial charge in [-0.3, -0.25) is 0 Å². The van der Waals surface area contributed by atoms with Crippen molar-refractivity contribution < 1.29 is 38.6 Å². The van der Waals surface area contributed by atoms with Crippen molar-refractivity contribution in [2.75, 3.05) is 46.2 Å². The van der Waals surface area contributed by atoms with Gasteiger partial charge in [-0.15, -0.1) is 6.58 Å². The summed E-state index contributed by atoms with van der Waals surface area (Å²) < 4.78 is 33.7. The van der Waals surface area contributed by atoms with E-state index in [1.165, 1.54) is 6.26 Å². The van der Waals surface area contributed by atoms with E-state index in [0.29, 0.717) is 44.2 Å². The van der Waals surface area contributed by atoms with Gasteiger partial charge in [0.1, 0.15) is 49.8 Å². The number of aliphatic hydroxyl groups excluding tert-OH is 2. The maximum atomic E-state index is 10.5. The predicted molar refractivity (Wildman–Crippen MR) is 135 cm³/mol. The first kappa shape index (κ1) is 26.2. The van der Waals surface area contributed by atoms with Crippen molar-refractivity contribution >= 4 is 10.8 Å². The molecule has 0 bridgehead atoms. The third kappa shape index (κ3) is 7.58. The molecule has 194 valence electrons. The Bertz CT molecular complexity index is 1070. The summed E-state index contributed by atoms with van der Waals surface area (Å²) >= 11 is 0. The number of rotatable bonds is 17. The summed E-state index contributed by atoms with van der Waals surface area (Å²) in [5.41, 5.74) is 4.37. The van der Waals surface area contributed by atoms with Gasteiger partial charge >= 0.3 is 0 Å². The molecule has 2 aromatic carbocycles. The molecule has 2 aromatic rings. The molecule has 0 amide bonds. The fraction of sp³-hybridized carbons (Fsp3) is 0.464. The van der Waals surface area contributed by atoms with Crippen molar-refractivity contribution in [3.63, 3.8) is 0 Å². The van der Waals surface area contributed by atoms with Gasteiger partial charge in [0.25, 0.3) is 0 Å². The molecule has 36 heavy (non-hydrogen) atoms. The number of benzene rings is 2. The summed E-state index contributed by atoms with van der Waals surface area (Å²) in [7, 11) is 0. The van der Waals surface area contributed by atoms with Crippen molar-refractivity contribution in [3.05, 3.63) is 66.6 Å². The third-order valence-corrected chi connectivity index (χ3v) is 5.81. The maximum Gasteiger partial charge on any atom is 0.130 e. The molecule has 0 radical (unpaired) electrons. The number of hydrogen-bond acceptors (Lipinski definition) is 8. The van der Waals surface area contributed by atoms with E-state index in [9.17, 15) is 10.2 Å². The van der Waals surface area contributed by atoms with Crippen molar-refractivity contribution in [2.45, 2.75) is 37.3 Å². The zero-order valence-corrected chi connectivity index (χ0v) is 20.4. The highest BCUT2D eigenvalue weighted by atomic mass is 16.6. The molecule has 4 unspecified atom stereocenters. The maximum absolute atomic E-state index is 10.5. The van der Waals surface area contributed by atoms with Crippen LogP contribution in [-0.2, 0) is 31.8 Å². The Morgan fingerprint density at radius 3 is 2.31 bits per heavy atom. The SMILES string of the molecule is C=C=COCC(O)COc1c(CC2CO2)ccc2c(OCC3CO3)c(CC(O)COCC=C)ccc12. The van der Waals surface area contributed by atoms with Crippen LogP contribution in [-0.4, -0.2) is 80.9 Å². The van der Waals surface area contributed by atoms with Gasteiger partial charge in [-0.1, -0.05) is 42.7 Å². The number of fused-ring (bicyclic) bond motifs is 1. The first-order valence-electron chi connectivity index (χ1n) is 12.2. The molecule has 2 heterocycles. The minimum atomic E-state index is -0.831. The minimum Gasteiger partial charge on any atom is -0.490 e. The third-order valence-electron chi connectivity index (χ3n) is 5.81. The van der Waals surface area contributed by atoms with E-state index >= 15 is 0 Å². The Morgan fingerprint density at radius 1 is 0.944 bits per heavy atom. The zero-order chi connectivity index (χ0) is 25.3. The highest BCUT2D eigenvalue weighted by molar-refractivity contribution is 5.95. The second-order valence-electron chi connectivity index (χ2n) is 8.93. The topological polar surface area (TPSA) is 102 Å². The summed E-state index contributed by atoms with van der Waals surface area (Å²) in [5.74, 6) is 1.36. The fourth-order valence-electron chi connectivity index (χ4n) is 3.92. The Morgan fingerprint density at radius 2 is 1.64 bits per heavy atom. The van der Waals surface area contributed by atoms with E-state index in [4.69, 9.17) is 28.4 Å². The van der Waals surface area contributed by atoms with Gasteiger partial charge in [0.05, 0.1) is 38.6 Å². The largest absolute Gasteiger partial charge is 0.490 e. The number of hydrogen-bond donors (Lipinski definition) is 2. The zero-order valence-electron chi connectivity index (χ0n) is 20.4. The van der Waals surface area contributed by atoms with E-state index in [-0.39, 0.29) is 32.0 Å².